The summed E-state index contributed by atoms with van der Waals surface area (Å²) in [6, 6.07) is 9.29. The predicted octanol–water partition coefficient (Wildman–Crippen LogP) is 0.815. The molecule has 2 rings (SSSR count). The van der Waals surface area contributed by atoms with Crippen molar-refractivity contribution >= 4 is 5.91 Å². The lowest BCUT2D eigenvalue weighted by Gasteiger charge is -2.26. The third-order valence-electron chi connectivity index (χ3n) is 3.29. The van der Waals surface area contributed by atoms with Gasteiger partial charge in [0, 0.05) is 31.7 Å². The Morgan fingerprint density at radius 1 is 1.40 bits per heavy atom. The van der Waals surface area contributed by atoms with Crippen molar-refractivity contribution in [3.8, 4) is 6.07 Å². The van der Waals surface area contributed by atoms with Crippen LogP contribution >= 0.6 is 0 Å². The highest BCUT2D eigenvalue weighted by Gasteiger charge is 2.11. The molecule has 0 atom stereocenters. The Morgan fingerprint density at radius 2 is 2.20 bits per heavy atom. The van der Waals surface area contributed by atoms with E-state index in [9.17, 15) is 4.79 Å². The van der Waals surface area contributed by atoms with Crippen molar-refractivity contribution in [3.05, 3.63) is 35.4 Å². The van der Waals surface area contributed by atoms with Crippen molar-refractivity contribution in [2.45, 2.75) is 6.42 Å². The van der Waals surface area contributed by atoms with Gasteiger partial charge in [0.15, 0.2) is 0 Å². The van der Waals surface area contributed by atoms with E-state index in [2.05, 4.69) is 16.3 Å². The summed E-state index contributed by atoms with van der Waals surface area (Å²) in [4.78, 5) is 14.3. The molecule has 1 aliphatic heterocycles. The maximum atomic E-state index is 12.0. The minimum Gasteiger partial charge on any atom is -0.379 e. The van der Waals surface area contributed by atoms with Crippen molar-refractivity contribution in [3.63, 3.8) is 0 Å². The normalized spacial score (nSPS) is 15.6. The molecule has 1 fully saturated rings. The first-order valence-corrected chi connectivity index (χ1v) is 6.84. The van der Waals surface area contributed by atoms with Gasteiger partial charge in [-0.05, 0) is 17.7 Å². The molecule has 1 aromatic rings. The molecule has 1 saturated heterocycles. The third kappa shape index (κ3) is 4.34. The first-order chi connectivity index (χ1) is 9.79. The molecule has 0 saturated carbocycles. The lowest BCUT2D eigenvalue weighted by molar-refractivity contribution is 0.0383. The van der Waals surface area contributed by atoms with Crippen LogP contribution in [0.3, 0.4) is 0 Å². The fourth-order valence-electron chi connectivity index (χ4n) is 2.17. The number of nitrogens with zero attached hydrogens (tertiary/aromatic N) is 2. The second-order valence-electron chi connectivity index (χ2n) is 4.75. The van der Waals surface area contributed by atoms with Gasteiger partial charge in [-0.15, -0.1) is 0 Å². The molecule has 1 aromatic carbocycles. The molecular weight excluding hydrogens is 254 g/mol. The zero-order valence-corrected chi connectivity index (χ0v) is 11.5. The SMILES string of the molecule is N#CCc1cccc(C(=O)NCCN2CCOCC2)c1. The Bertz CT molecular complexity index is 490. The van der Waals surface area contributed by atoms with Crippen molar-refractivity contribution in [2.75, 3.05) is 39.4 Å². The van der Waals surface area contributed by atoms with E-state index >= 15 is 0 Å². The average molecular weight is 273 g/mol. The first-order valence-electron chi connectivity index (χ1n) is 6.84. The summed E-state index contributed by atoms with van der Waals surface area (Å²) in [6.45, 7) is 4.85. The molecule has 0 spiro atoms. The molecule has 106 valence electrons. The molecule has 5 heteroatoms. The van der Waals surface area contributed by atoms with Gasteiger partial charge in [-0.2, -0.15) is 5.26 Å². The fourth-order valence-corrected chi connectivity index (χ4v) is 2.17. The summed E-state index contributed by atoms with van der Waals surface area (Å²) in [7, 11) is 0. The highest BCUT2D eigenvalue weighted by Crippen LogP contribution is 2.05. The maximum Gasteiger partial charge on any atom is 0.251 e. The minimum atomic E-state index is -0.0851. The van der Waals surface area contributed by atoms with Crippen LogP contribution in [0.1, 0.15) is 15.9 Å². The van der Waals surface area contributed by atoms with Crippen LogP contribution in [0.5, 0.6) is 0 Å². The van der Waals surface area contributed by atoms with Crippen LogP contribution in [0.15, 0.2) is 24.3 Å². The van der Waals surface area contributed by atoms with E-state index in [-0.39, 0.29) is 5.91 Å². The minimum absolute atomic E-state index is 0.0851. The van der Waals surface area contributed by atoms with E-state index in [4.69, 9.17) is 10.00 Å². The summed E-state index contributed by atoms with van der Waals surface area (Å²) in [5, 5.41) is 11.6. The summed E-state index contributed by atoms with van der Waals surface area (Å²) in [6.07, 6.45) is 0.328. The molecule has 0 unspecified atom stereocenters. The number of carbonyl (C=O) groups excluding carboxylic acids is 1. The van der Waals surface area contributed by atoms with Crippen LogP contribution in [0.4, 0.5) is 0 Å². The zero-order valence-electron chi connectivity index (χ0n) is 11.5. The van der Waals surface area contributed by atoms with E-state index in [0.717, 1.165) is 38.4 Å². The Kier molecular flexibility index (Phi) is 5.54. The van der Waals surface area contributed by atoms with Crippen molar-refractivity contribution in [2.24, 2.45) is 0 Å². The number of morpholine rings is 1. The highest BCUT2D eigenvalue weighted by atomic mass is 16.5. The van der Waals surface area contributed by atoms with Gasteiger partial charge in [-0.25, -0.2) is 0 Å². The molecule has 1 aliphatic rings. The second kappa shape index (κ2) is 7.63. The summed E-state index contributed by atoms with van der Waals surface area (Å²) in [5.41, 5.74) is 1.48. The Balaban J connectivity index is 1.79. The molecule has 1 heterocycles. The molecule has 0 radical (unpaired) electrons. The van der Waals surface area contributed by atoms with E-state index in [1.54, 1.807) is 12.1 Å². The monoisotopic (exact) mass is 273 g/mol. The van der Waals surface area contributed by atoms with Gasteiger partial charge < -0.3 is 10.1 Å². The maximum absolute atomic E-state index is 12.0. The number of ether oxygens (including phenoxy) is 1. The van der Waals surface area contributed by atoms with E-state index in [0.29, 0.717) is 18.5 Å². The van der Waals surface area contributed by atoms with Crippen molar-refractivity contribution in [1.82, 2.24) is 10.2 Å². The standard InChI is InChI=1S/C15H19N3O2/c16-5-4-13-2-1-3-14(12-13)15(19)17-6-7-18-8-10-20-11-9-18/h1-3,12H,4,6-11H2,(H,17,19). The highest BCUT2D eigenvalue weighted by molar-refractivity contribution is 5.94. The van der Waals surface area contributed by atoms with Gasteiger partial charge in [0.2, 0.25) is 0 Å². The largest absolute Gasteiger partial charge is 0.379 e. The van der Waals surface area contributed by atoms with Crippen LogP contribution in [0.2, 0.25) is 0 Å². The van der Waals surface area contributed by atoms with E-state index in [1.807, 2.05) is 12.1 Å². The summed E-state index contributed by atoms with van der Waals surface area (Å²) >= 11 is 0. The number of amides is 1. The molecule has 0 bridgehead atoms. The lowest BCUT2D eigenvalue weighted by Crippen LogP contribution is -2.41. The quantitative estimate of drug-likeness (QED) is 0.862. The number of nitriles is 1. The summed E-state index contributed by atoms with van der Waals surface area (Å²) in [5.74, 6) is -0.0851. The van der Waals surface area contributed by atoms with Crippen molar-refractivity contribution in [1.29, 1.82) is 5.26 Å². The molecule has 20 heavy (non-hydrogen) atoms. The molecular formula is C15H19N3O2. The van der Waals surface area contributed by atoms with E-state index in [1.165, 1.54) is 0 Å². The van der Waals surface area contributed by atoms with Crippen LogP contribution in [-0.4, -0.2) is 50.2 Å². The lowest BCUT2D eigenvalue weighted by atomic mass is 10.1. The Hall–Kier alpha value is -1.90. The van der Waals surface area contributed by atoms with Gasteiger partial charge >= 0.3 is 0 Å². The molecule has 0 aromatic heterocycles. The molecule has 1 N–H and O–H groups in total. The van der Waals surface area contributed by atoms with Gasteiger partial charge in [-0.1, -0.05) is 12.1 Å². The van der Waals surface area contributed by atoms with Crippen LogP contribution < -0.4 is 5.32 Å². The zero-order chi connectivity index (χ0) is 14.2. The van der Waals surface area contributed by atoms with Crippen molar-refractivity contribution < 1.29 is 9.53 Å². The fraction of sp³-hybridized carbons (Fsp3) is 0.467. The van der Waals surface area contributed by atoms with Gasteiger partial charge in [-0.3, -0.25) is 9.69 Å². The summed E-state index contributed by atoms with van der Waals surface area (Å²) < 4.78 is 5.28. The van der Waals surface area contributed by atoms with Crippen LogP contribution in [0, 0.1) is 11.3 Å². The van der Waals surface area contributed by atoms with E-state index < -0.39 is 0 Å². The number of hydrogen-bond donors (Lipinski definition) is 1. The smallest absolute Gasteiger partial charge is 0.251 e. The van der Waals surface area contributed by atoms with Gasteiger partial charge in [0.1, 0.15) is 0 Å². The number of carbonyl (C=O) groups is 1. The predicted molar refractivity (Wildman–Crippen MR) is 75.4 cm³/mol. The molecule has 1 amide bonds. The number of benzene rings is 1. The van der Waals surface area contributed by atoms with Gasteiger partial charge in [0.05, 0.1) is 25.7 Å². The number of nitrogens with one attached hydrogen (secondary N) is 1. The molecule has 0 aliphatic carbocycles. The van der Waals surface area contributed by atoms with Crippen LogP contribution in [0.25, 0.3) is 0 Å². The average Bonchev–Trinajstić information content (AvgIpc) is 2.49. The first kappa shape index (κ1) is 14.5. The number of hydrogen-bond acceptors (Lipinski definition) is 4. The van der Waals surface area contributed by atoms with Gasteiger partial charge in [0.25, 0.3) is 5.91 Å². The topological polar surface area (TPSA) is 65.4 Å². The Morgan fingerprint density at radius 3 is 2.95 bits per heavy atom. The molecule has 5 nitrogen and oxygen atoms in total. The van der Waals surface area contributed by atoms with Crippen LogP contribution in [-0.2, 0) is 11.2 Å². The Labute approximate surface area is 119 Å². The number of rotatable bonds is 5. The third-order valence-corrected chi connectivity index (χ3v) is 3.29. The second-order valence-corrected chi connectivity index (χ2v) is 4.75.